The molecule has 2 amide bonds. The van der Waals surface area contributed by atoms with Crippen molar-refractivity contribution in [1.82, 2.24) is 10.2 Å². The number of ether oxygens (including phenoxy) is 3. The van der Waals surface area contributed by atoms with Gasteiger partial charge in [0.15, 0.2) is 0 Å². The van der Waals surface area contributed by atoms with Gasteiger partial charge >= 0.3 is 18.2 Å². The van der Waals surface area contributed by atoms with E-state index in [0.29, 0.717) is 12.8 Å². The Morgan fingerprint density at radius 2 is 1.85 bits per heavy atom. The highest BCUT2D eigenvalue weighted by atomic mass is 16.6. The Bertz CT molecular complexity index is 1300. The number of alkyl carbamates (subject to hydrolysis) is 1. The fraction of sp³-hybridized carbons (Fsp3) is 0.485. The van der Waals surface area contributed by atoms with Gasteiger partial charge in [0, 0.05) is 18.4 Å². The number of benzene rings is 2. The second-order valence-electron chi connectivity index (χ2n) is 11.9. The van der Waals surface area contributed by atoms with Crippen LogP contribution in [0.25, 0.3) is 11.1 Å². The Hall–Kier alpha value is -3.99. The Morgan fingerprint density at radius 3 is 2.37 bits per heavy atom. The predicted molar refractivity (Wildman–Crippen MR) is 156 cm³/mol. The molecular formula is C33H40N2O6. The van der Waals surface area contributed by atoms with Gasteiger partial charge in [0.05, 0.1) is 13.2 Å². The molecule has 5 atom stereocenters. The summed E-state index contributed by atoms with van der Waals surface area (Å²) in [5.41, 5.74) is 4.54. The van der Waals surface area contributed by atoms with E-state index in [9.17, 15) is 14.4 Å². The first-order valence-corrected chi connectivity index (χ1v) is 14.2. The number of aryl methyl sites for hydroxylation is 1. The van der Waals surface area contributed by atoms with Crippen molar-refractivity contribution in [2.24, 2.45) is 5.92 Å². The minimum atomic E-state index is -0.917. The van der Waals surface area contributed by atoms with Crippen LogP contribution in [0.5, 0.6) is 0 Å². The summed E-state index contributed by atoms with van der Waals surface area (Å²) in [6.45, 7) is 7.42. The topological polar surface area (TPSA) is 94.2 Å². The van der Waals surface area contributed by atoms with E-state index in [2.05, 4.69) is 36.4 Å². The van der Waals surface area contributed by atoms with Crippen LogP contribution in [0.4, 0.5) is 9.59 Å². The molecule has 3 aliphatic carbocycles. The highest BCUT2D eigenvalue weighted by Gasteiger charge is 2.50. The van der Waals surface area contributed by atoms with Crippen LogP contribution in [-0.4, -0.2) is 60.0 Å². The lowest BCUT2D eigenvalue weighted by molar-refractivity contribution is -0.156. The van der Waals surface area contributed by atoms with Crippen LogP contribution in [0.2, 0.25) is 0 Å². The van der Waals surface area contributed by atoms with Gasteiger partial charge in [0.25, 0.3) is 0 Å². The summed E-state index contributed by atoms with van der Waals surface area (Å²) >= 11 is 0. The number of carbonyl (C=O) groups is 3. The highest BCUT2D eigenvalue weighted by molar-refractivity contribution is 5.82. The van der Waals surface area contributed by atoms with E-state index in [1.54, 1.807) is 25.7 Å². The molecule has 1 saturated carbocycles. The van der Waals surface area contributed by atoms with Crippen molar-refractivity contribution in [1.29, 1.82) is 0 Å². The first kappa shape index (κ1) is 30.0. The molecule has 41 heavy (non-hydrogen) atoms. The van der Waals surface area contributed by atoms with Gasteiger partial charge in [-0.25, -0.2) is 14.4 Å². The smallest absolute Gasteiger partial charge is 0.410 e. The molecule has 0 aromatic heterocycles. The molecule has 1 heterocycles. The van der Waals surface area contributed by atoms with Crippen LogP contribution < -0.4 is 5.32 Å². The molecule has 8 heteroatoms. The van der Waals surface area contributed by atoms with Crippen molar-refractivity contribution in [2.75, 3.05) is 7.11 Å². The zero-order valence-corrected chi connectivity index (χ0v) is 24.5. The zero-order chi connectivity index (χ0) is 29.7. The van der Waals surface area contributed by atoms with Gasteiger partial charge in [0.2, 0.25) is 0 Å². The number of amides is 2. The molecule has 1 aromatic rings. The molecule has 1 N–H and O–H groups in total. The van der Waals surface area contributed by atoms with Crippen LogP contribution in [0.1, 0.15) is 57.6 Å². The molecule has 0 radical (unpaired) electrons. The largest absolute Gasteiger partial charge is 0.460 e. The highest BCUT2D eigenvalue weighted by Crippen LogP contribution is 2.41. The normalized spacial score (nSPS) is 22.6. The number of hydrogen-bond acceptors (Lipinski definition) is 6. The first-order chi connectivity index (χ1) is 19.5. The zero-order valence-electron chi connectivity index (χ0n) is 24.5. The number of likely N-dealkylation sites (tertiary alicyclic amines) is 1. The van der Waals surface area contributed by atoms with Crippen LogP contribution in [0.3, 0.4) is 0 Å². The number of hydrogen-bond donors (Lipinski definition) is 1. The molecule has 4 aliphatic rings. The third kappa shape index (κ3) is 7.21. The monoisotopic (exact) mass is 560 g/mol. The molecule has 1 aromatic carbocycles. The fourth-order valence-corrected chi connectivity index (χ4v) is 5.83. The summed E-state index contributed by atoms with van der Waals surface area (Å²) in [5, 5.41) is 2.67. The lowest BCUT2D eigenvalue weighted by atomic mass is 9.82. The Labute approximate surface area is 242 Å². The van der Waals surface area contributed by atoms with E-state index in [1.807, 2.05) is 30.3 Å². The maximum absolute atomic E-state index is 13.3. The van der Waals surface area contributed by atoms with Gasteiger partial charge in [-0.05, 0) is 75.6 Å². The Morgan fingerprint density at radius 1 is 1.12 bits per heavy atom. The predicted octanol–water partition coefficient (Wildman–Crippen LogP) is 5.65. The number of rotatable bonds is 5. The Kier molecular flexibility index (Phi) is 9.27. The minimum absolute atomic E-state index is 0.0863. The van der Waals surface area contributed by atoms with Crippen molar-refractivity contribution in [2.45, 2.75) is 89.6 Å². The number of nitrogens with zero attached hydrogens (tertiary/aromatic N) is 1. The van der Waals surface area contributed by atoms with Crippen LogP contribution >= 0.6 is 0 Å². The van der Waals surface area contributed by atoms with Crippen molar-refractivity contribution in [3.05, 3.63) is 59.7 Å². The van der Waals surface area contributed by atoms with Gasteiger partial charge in [-0.2, -0.15) is 0 Å². The summed E-state index contributed by atoms with van der Waals surface area (Å²) < 4.78 is 16.3. The summed E-state index contributed by atoms with van der Waals surface area (Å²) in [6.07, 6.45) is 7.17. The van der Waals surface area contributed by atoms with Crippen LogP contribution in [-0.2, 0) is 25.4 Å². The third-order valence-electron chi connectivity index (χ3n) is 7.79. The molecule has 5 rings (SSSR count). The SMILES string of the molecule is C#CC1C[C@H]2[C@@H](OC(=O)C(Cc3ccccc3)NC(=O)OC(C)(C)C)CCC[C@H]2N1C(=O)OC.Cc1cc2ccc1-2. The van der Waals surface area contributed by atoms with Gasteiger partial charge in [-0.3, -0.25) is 4.90 Å². The van der Waals surface area contributed by atoms with E-state index in [1.165, 1.54) is 23.8 Å². The third-order valence-corrected chi connectivity index (χ3v) is 7.79. The summed E-state index contributed by atoms with van der Waals surface area (Å²) in [4.78, 5) is 39.7. The average Bonchev–Trinajstić information content (AvgIpc) is 3.30. The maximum Gasteiger partial charge on any atom is 0.410 e. The number of carbonyl (C=O) groups excluding carboxylic acids is 3. The van der Waals surface area contributed by atoms with Crippen molar-refractivity contribution in [3.8, 4) is 23.5 Å². The standard InChI is InChI=1S/C26H34N2O6.C7H6/c1-6-18-16-19-21(28(18)25(31)32-5)13-10-14-22(19)33-23(29)20(15-17-11-8-7-9-12-17)27-24(30)34-26(2,3)4;1-5-4-6-2-3-7(5)6/h1,7-9,11-12,18-22H,10,13-16H2,2-5H3,(H,27,30);2-4H,1H3/t18?,19-,20?,21-,22+;/m1./s1. The van der Waals surface area contributed by atoms with Gasteiger partial charge in [-0.15, -0.1) is 6.42 Å². The molecule has 0 spiro atoms. The molecule has 218 valence electrons. The minimum Gasteiger partial charge on any atom is -0.460 e. The van der Waals surface area contributed by atoms with E-state index in [0.717, 1.165) is 18.4 Å². The van der Waals surface area contributed by atoms with Crippen LogP contribution in [0.15, 0.2) is 48.5 Å². The number of terminal acetylenes is 1. The lowest BCUT2D eigenvalue weighted by Crippen LogP contribution is -2.49. The summed E-state index contributed by atoms with van der Waals surface area (Å²) in [5.74, 6) is 2.05. The van der Waals surface area contributed by atoms with Crippen molar-refractivity contribution < 1.29 is 28.6 Å². The molecular weight excluding hydrogens is 520 g/mol. The first-order valence-electron chi connectivity index (χ1n) is 14.2. The molecule has 1 aliphatic heterocycles. The van der Waals surface area contributed by atoms with Gasteiger partial charge < -0.3 is 19.5 Å². The van der Waals surface area contributed by atoms with Gasteiger partial charge in [0.1, 0.15) is 17.7 Å². The van der Waals surface area contributed by atoms with E-state index < -0.39 is 41.9 Å². The number of fused-ring (bicyclic) bond motifs is 2. The lowest BCUT2D eigenvalue weighted by Gasteiger charge is -2.36. The van der Waals surface area contributed by atoms with E-state index in [-0.39, 0.29) is 18.4 Å². The summed E-state index contributed by atoms with van der Waals surface area (Å²) in [7, 11) is 1.33. The fourth-order valence-electron chi connectivity index (χ4n) is 5.83. The van der Waals surface area contributed by atoms with E-state index >= 15 is 0 Å². The van der Waals surface area contributed by atoms with Crippen molar-refractivity contribution >= 4 is 18.2 Å². The summed E-state index contributed by atoms with van der Waals surface area (Å²) in [6, 6.07) is 14.4. The van der Waals surface area contributed by atoms with Crippen LogP contribution in [0, 0.1) is 25.2 Å². The average molecular weight is 561 g/mol. The molecule has 8 nitrogen and oxygen atoms in total. The van der Waals surface area contributed by atoms with E-state index in [4.69, 9.17) is 20.6 Å². The number of esters is 1. The number of methoxy groups -OCH3 is 1. The molecule has 1 saturated heterocycles. The Balaban J connectivity index is 0.000000473. The maximum atomic E-state index is 13.3. The molecule has 2 fully saturated rings. The second-order valence-corrected chi connectivity index (χ2v) is 11.9. The quantitative estimate of drug-likeness (QED) is 0.246. The molecule has 2 unspecified atom stereocenters. The second kappa shape index (κ2) is 12.7. The van der Waals surface area contributed by atoms with Gasteiger partial charge in [-0.1, -0.05) is 54.5 Å². The van der Waals surface area contributed by atoms with Crippen molar-refractivity contribution in [3.63, 3.8) is 0 Å². The number of nitrogens with one attached hydrogen (secondary N) is 1. The molecule has 0 bridgehead atoms.